The molecule has 0 bridgehead atoms. The standard InChI is InChI=1S/C21H20N2O4/c1-13(21(26)27-2)23-20(25)17-12-22-18-9-8-15(11-16(18)19(17)24)10-14-6-4-3-5-7-14/h3-9,11-13H,10H2,1-2H3,(H,22,24)(H,23,25)/t13-/m0/s1. The number of amides is 1. The molecule has 0 aliphatic rings. The first-order valence-corrected chi connectivity index (χ1v) is 8.56. The van der Waals surface area contributed by atoms with Crippen molar-refractivity contribution < 1.29 is 14.3 Å². The number of benzene rings is 2. The molecule has 1 aromatic heterocycles. The number of hydrogen-bond donors (Lipinski definition) is 2. The van der Waals surface area contributed by atoms with E-state index < -0.39 is 17.9 Å². The van der Waals surface area contributed by atoms with Crippen LogP contribution >= 0.6 is 0 Å². The molecule has 2 N–H and O–H groups in total. The Morgan fingerprint density at radius 3 is 2.56 bits per heavy atom. The molecule has 3 rings (SSSR count). The molecule has 0 aliphatic carbocycles. The molecule has 0 saturated heterocycles. The van der Waals surface area contributed by atoms with Gasteiger partial charge in [0.05, 0.1) is 7.11 Å². The summed E-state index contributed by atoms with van der Waals surface area (Å²) in [5.41, 5.74) is 2.33. The fourth-order valence-electron chi connectivity index (χ4n) is 2.89. The van der Waals surface area contributed by atoms with Crippen LogP contribution in [-0.2, 0) is 16.0 Å². The molecule has 0 fully saturated rings. The Labute approximate surface area is 156 Å². The summed E-state index contributed by atoms with van der Waals surface area (Å²) in [4.78, 5) is 39.6. The molecule has 1 atom stereocenters. The van der Waals surface area contributed by atoms with Gasteiger partial charge in [-0.25, -0.2) is 4.79 Å². The van der Waals surface area contributed by atoms with Gasteiger partial charge in [0.1, 0.15) is 11.6 Å². The van der Waals surface area contributed by atoms with Crippen LogP contribution in [0.15, 0.2) is 59.5 Å². The second kappa shape index (κ2) is 7.86. The van der Waals surface area contributed by atoms with E-state index in [9.17, 15) is 14.4 Å². The first-order valence-electron chi connectivity index (χ1n) is 8.56. The van der Waals surface area contributed by atoms with Crippen molar-refractivity contribution in [2.75, 3.05) is 7.11 Å². The van der Waals surface area contributed by atoms with Gasteiger partial charge in [-0.1, -0.05) is 36.4 Å². The molecule has 0 aliphatic heterocycles. The third kappa shape index (κ3) is 4.06. The van der Waals surface area contributed by atoms with Crippen molar-refractivity contribution in [2.45, 2.75) is 19.4 Å². The Balaban J connectivity index is 1.92. The van der Waals surface area contributed by atoms with E-state index >= 15 is 0 Å². The molecule has 1 amide bonds. The molecule has 0 unspecified atom stereocenters. The van der Waals surface area contributed by atoms with Crippen LogP contribution in [0, 0.1) is 0 Å². The van der Waals surface area contributed by atoms with Crippen LogP contribution in [0.2, 0.25) is 0 Å². The number of aromatic amines is 1. The van der Waals surface area contributed by atoms with E-state index in [1.807, 2.05) is 42.5 Å². The van der Waals surface area contributed by atoms with E-state index in [1.165, 1.54) is 20.2 Å². The molecule has 1 heterocycles. The van der Waals surface area contributed by atoms with Gasteiger partial charge in [0.25, 0.3) is 5.91 Å². The van der Waals surface area contributed by atoms with Gasteiger partial charge < -0.3 is 15.0 Å². The third-order valence-corrected chi connectivity index (χ3v) is 4.34. The summed E-state index contributed by atoms with van der Waals surface area (Å²) in [5.74, 6) is -1.20. The number of aromatic nitrogens is 1. The van der Waals surface area contributed by atoms with Crippen LogP contribution in [-0.4, -0.2) is 30.0 Å². The van der Waals surface area contributed by atoms with Gasteiger partial charge in [0, 0.05) is 17.1 Å². The lowest BCUT2D eigenvalue weighted by atomic mass is 10.0. The van der Waals surface area contributed by atoms with Gasteiger partial charge in [-0.2, -0.15) is 0 Å². The Morgan fingerprint density at radius 2 is 1.85 bits per heavy atom. The fourth-order valence-corrected chi connectivity index (χ4v) is 2.89. The smallest absolute Gasteiger partial charge is 0.328 e. The minimum absolute atomic E-state index is 0.0462. The number of esters is 1. The van der Waals surface area contributed by atoms with E-state index in [1.54, 1.807) is 6.07 Å². The number of nitrogens with one attached hydrogen (secondary N) is 2. The number of methoxy groups -OCH3 is 1. The largest absolute Gasteiger partial charge is 0.467 e. The topological polar surface area (TPSA) is 88.3 Å². The van der Waals surface area contributed by atoms with Gasteiger partial charge in [-0.3, -0.25) is 9.59 Å². The van der Waals surface area contributed by atoms with Crippen molar-refractivity contribution in [2.24, 2.45) is 0 Å². The summed E-state index contributed by atoms with van der Waals surface area (Å²) in [6.45, 7) is 1.50. The van der Waals surface area contributed by atoms with Crippen LogP contribution in [0.5, 0.6) is 0 Å². The normalized spacial score (nSPS) is 11.8. The number of carbonyl (C=O) groups is 2. The molecule has 27 heavy (non-hydrogen) atoms. The van der Waals surface area contributed by atoms with Crippen LogP contribution in [0.1, 0.15) is 28.4 Å². The number of rotatable bonds is 5. The lowest BCUT2D eigenvalue weighted by Crippen LogP contribution is -2.40. The molecule has 0 saturated carbocycles. The van der Waals surface area contributed by atoms with Crippen LogP contribution in [0.25, 0.3) is 10.9 Å². The highest BCUT2D eigenvalue weighted by atomic mass is 16.5. The fraction of sp³-hybridized carbons (Fsp3) is 0.190. The molecule has 0 radical (unpaired) electrons. The highest BCUT2D eigenvalue weighted by Gasteiger charge is 2.19. The SMILES string of the molecule is COC(=O)[C@H](C)NC(=O)c1c[nH]c2ccc(Cc3ccccc3)cc2c1=O. The average molecular weight is 364 g/mol. The van der Waals surface area contributed by atoms with Gasteiger partial charge >= 0.3 is 5.97 Å². The van der Waals surface area contributed by atoms with Crippen molar-refractivity contribution in [1.82, 2.24) is 10.3 Å². The Bertz CT molecular complexity index is 1040. The number of hydrogen-bond acceptors (Lipinski definition) is 4. The molecule has 138 valence electrons. The van der Waals surface area contributed by atoms with E-state index in [0.29, 0.717) is 17.3 Å². The lowest BCUT2D eigenvalue weighted by Gasteiger charge is -2.11. The zero-order chi connectivity index (χ0) is 19.4. The minimum atomic E-state index is -0.845. The average Bonchev–Trinajstić information content (AvgIpc) is 2.68. The Hall–Kier alpha value is -3.41. The lowest BCUT2D eigenvalue weighted by molar-refractivity contribution is -0.142. The number of fused-ring (bicyclic) bond motifs is 1. The summed E-state index contributed by atoms with van der Waals surface area (Å²) >= 11 is 0. The highest BCUT2D eigenvalue weighted by molar-refractivity contribution is 5.99. The predicted molar refractivity (Wildman–Crippen MR) is 103 cm³/mol. The van der Waals surface area contributed by atoms with Crippen molar-refractivity contribution in [3.05, 3.63) is 81.6 Å². The third-order valence-electron chi connectivity index (χ3n) is 4.34. The summed E-state index contributed by atoms with van der Waals surface area (Å²) in [6, 6.07) is 14.7. The predicted octanol–water partition coefficient (Wildman–Crippen LogP) is 2.41. The van der Waals surface area contributed by atoms with E-state index in [0.717, 1.165) is 11.1 Å². The zero-order valence-corrected chi connectivity index (χ0v) is 15.1. The summed E-state index contributed by atoms with van der Waals surface area (Å²) in [6.07, 6.45) is 2.05. The first kappa shape index (κ1) is 18.4. The maximum atomic E-state index is 12.8. The second-order valence-corrected chi connectivity index (χ2v) is 6.29. The first-order chi connectivity index (χ1) is 13.0. The zero-order valence-electron chi connectivity index (χ0n) is 15.1. The van der Waals surface area contributed by atoms with Gasteiger partial charge in [0.15, 0.2) is 0 Å². The van der Waals surface area contributed by atoms with Crippen molar-refractivity contribution >= 4 is 22.8 Å². The molecule has 0 spiro atoms. The number of ether oxygens (including phenoxy) is 1. The molecule has 2 aromatic carbocycles. The van der Waals surface area contributed by atoms with E-state index in [2.05, 4.69) is 15.0 Å². The maximum Gasteiger partial charge on any atom is 0.328 e. The van der Waals surface area contributed by atoms with E-state index in [-0.39, 0.29) is 11.0 Å². The maximum absolute atomic E-state index is 12.8. The van der Waals surface area contributed by atoms with Crippen LogP contribution in [0.4, 0.5) is 0 Å². The minimum Gasteiger partial charge on any atom is -0.467 e. The molecule has 6 nitrogen and oxygen atoms in total. The van der Waals surface area contributed by atoms with E-state index in [4.69, 9.17) is 0 Å². The summed E-state index contributed by atoms with van der Waals surface area (Å²) in [5, 5.41) is 2.91. The Kier molecular flexibility index (Phi) is 5.35. The number of carbonyl (C=O) groups excluding carboxylic acids is 2. The van der Waals surface area contributed by atoms with Gasteiger partial charge in [0.2, 0.25) is 5.43 Å². The molecular weight excluding hydrogens is 344 g/mol. The molecular formula is C21H20N2O4. The van der Waals surface area contributed by atoms with Gasteiger partial charge in [-0.05, 0) is 36.6 Å². The second-order valence-electron chi connectivity index (χ2n) is 6.29. The number of pyridine rings is 1. The molecule has 3 aromatic rings. The quantitative estimate of drug-likeness (QED) is 0.681. The van der Waals surface area contributed by atoms with Crippen molar-refractivity contribution in [1.29, 1.82) is 0 Å². The van der Waals surface area contributed by atoms with Crippen molar-refractivity contribution in [3.8, 4) is 0 Å². The molecule has 6 heteroatoms. The van der Waals surface area contributed by atoms with Crippen LogP contribution in [0.3, 0.4) is 0 Å². The number of H-pyrrole nitrogens is 1. The van der Waals surface area contributed by atoms with Crippen LogP contribution < -0.4 is 10.7 Å². The monoisotopic (exact) mass is 364 g/mol. The summed E-state index contributed by atoms with van der Waals surface area (Å²) < 4.78 is 4.58. The summed E-state index contributed by atoms with van der Waals surface area (Å²) in [7, 11) is 1.24. The van der Waals surface area contributed by atoms with Crippen molar-refractivity contribution in [3.63, 3.8) is 0 Å². The van der Waals surface area contributed by atoms with Gasteiger partial charge in [-0.15, -0.1) is 0 Å². The Morgan fingerprint density at radius 1 is 1.11 bits per heavy atom. The highest BCUT2D eigenvalue weighted by Crippen LogP contribution is 2.15.